The Balaban J connectivity index is 0.843. The van der Waals surface area contributed by atoms with Crippen molar-refractivity contribution >= 4 is 48.9 Å². The fourth-order valence-corrected chi connectivity index (χ4v) is 14.4. The van der Waals surface area contributed by atoms with Crippen molar-refractivity contribution in [2.45, 2.75) is 91.5 Å². The van der Waals surface area contributed by atoms with Gasteiger partial charge in [0.05, 0.1) is 10.6 Å². The van der Waals surface area contributed by atoms with Crippen molar-refractivity contribution in [3.8, 4) is 0 Å². The topological polar surface area (TPSA) is 131 Å². The number of allylic oxidation sites excluding steroid dienone is 1. The van der Waals surface area contributed by atoms with Gasteiger partial charge in [-0.1, -0.05) is 43.2 Å². The average molecular weight is 991 g/mol. The minimum Gasteiger partial charge on any atom is -0.380 e. The summed E-state index contributed by atoms with van der Waals surface area (Å²) in [5.74, 6) is -0.653. The summed E-state index contributed by atoms with van der Waals surface area (Å²) in [6.45, 7) is 12.6. The first-order valence-corrected chi connectivity index (χ1v) is 27.0. The van der Waals surface area contributed by atoms with Crippen molar-refractivity contribution < 1.29 is 43.6 Å². The number of thioether (sulfide) groups is 1. The van der Waals surface area contributed by atoms with Crippen LogP contribution < -0.4 is 20.3 Å². The molecule has 1 spiro atoms. The van der Waals surface area contributed by atoms with Gasteiger partial charge in [0.25, 0.3) is 25.8 Å². The van der Waals surface area contributed by atoms with Crippen LogP contribution in [-0.2, 0) is 19.9 Å². The van der Waals surface area contributed by atoms with Gasteiger partial charge in [0.15, 0.2) is 0 Å². The Morgan fingerprint density at radius 3 is 2.16 bits per heavy atom. The smallest absolute Gasteiger partial charge is 0.380 e. The van der Waals surface area contributed by atoms with Crippen LogP contribution in [0.4, 0.5) is 33.3 Å². The SMILES string of the molecule is CC1(C)CCC(CN2CCN(c3ccc(C(=O)NS(=O)(=O)c4ccc(N[C@H](CCN5CC6(CNC6)C5)CSc5ccccc5)c(S(=O)(=O)C(F)(F)F)c4)cc3)CC2)=C(C23CC(C(F)F)(C2)C3)C1. The van der Waals surface area contributed by atoms with Crippen LogP contribution in [0, 0.1) is 21.7 Å². The summed E-state index contributed by atoms with van der Waals surface area (Å²) in [5.41, 5.74) is -2.89. The molecule has 0 unspecified atom stereocenters. The number of rotatable bonds is 17. The second kappa shape index (κ2) is 17.9. The first-order chi connectivity index (χ1) is 31.6. The van der Waals surface area contributed by atoms with E-state index in [1.54, 1.807) is 12.1 Å². The summed E-state index contributed by atoms with van der Waals surface area (Å²) in [4.78, 5) is 19.0. The molecule has 67 heavy (non-hydrogen) atoms. The number of anilines is 2. The number of benzene rings is 3. The number of sulfone groups is 1. The minimum atomic E-state index is -6.06. The highest BCUT2D eigenvalue weighted by molar-refractivity contribution is 7.99. The molecule has 0 radical (unpaired) electrons. The lowest BCUT2D eigenvalue weighted by Crippen LogP contribution is -2.71. The van der Waals surface area contributed by atoms with Gasteiger partial charge in [0.2, 0.25) is 6.43 Å². The van der Waals surface area contributed by atoms with Crippen molar-refractivity contribution in [2.75, 3.05) is 81.4 Å². The van der Waals surface area contributed by atoms with Crippen molar-refractivity contribution in [3.05, 3.63) is 89.5 Å². The van der Waals surface area contributed by atoms with Crippen LogP contribution in [0.1, 0.15) is 69.2 Å². The third kappa shape index (κ3) is 9.75. The predicted molar refractivity (Wildman–Crippen MR) is 250 cm³/mol. The Morgan fingerprint density at radius 2 is 1.55 bits per heavy atom. The zero-order valence-corrected chi connectivity index (χ0v) is 40.3. The number of hydrogen-bond acceptors (Lipinski definition) is 11. The predicted octanol–water partition coefficient (Wildman–Crippen LogP) is 8.03. The Bertz CT molecular complexity index is 2570. The molecular formula is C48H59F5N6O5S3. The lowest BCUT2D eigenvalue weighted by molar-refractivity contribution is -0.250. The largest absolute Gasteiger partial charge is 0.501 e. The molecule has 1 amide bonds. The molecule has 3 aromatic carbocycles. The van der Waals surface area contributed by atoms with E-state index in [0.717, 1.165) is 87.8 Å². The van der Waals surface area contributed by atoms with E-state index in [0.29, 0.717) is 57.1 Å². The highest BCUT2D eigenvalue weighted by Gasteiger charge is 2.73. The van der Waals surface area contributed by atoms with Gasteiger partial charge in [-0.15, -0.1) is 11.8 Å². The van der Waals surface area contributed by atoms with E-state index in [1.165, 1.54) is 35.0 Å². The van der Waals surface area contributed by atoms with E-state index < -0.39 is 64.6 Å². The molecule has 11 nitrogen and oxygen atoms in total. The molecule has 3 aromatic rings. The average Bonchev–Trinajstić information content (AvgIpc) is 3.21. The number of sulfonamides is 1. The lowest BCUT2D eigenvalue weighted by atomic mass is 9.32. The van der Waals surface area contributed by atoms with E-state index in [9.17, 15) is 43.6 Å². The van der Waals surface area contributed by atoms with E-state index in [2.05, 4.69) is 39.2 Å². The molecule has 0 aromatic heterocycles. The van der Waals surface area contributed by atoms with Gasteiger partial charge in [-0.2, -0.15) is 13.2 Å². The number of carbonyl (C=O) groups excluding carboxylic acids is 1. The minimum absolute atomic E-state index is 0.0187. The molecule has 6 fully saturated rings. The number of likely N-dealkylation sites (tertiary alicyclic amines) is 1. The van der Waals surface area contributed by atoms with Crippen LogP contribution in [0.15, 0.2) is 98.6 Å². The number of halogens is 5. The lowest BCUT2D eigenvalue weighted by Gasteiger charge is -2.72. The number of nitrogens with one attached hydrogen (secondary N) is 3. The first kappa shape index (κ1) is 48.3. The summed E-state index contributed by atoms with van der Waals surface area (Å²) in [5, 5.41) is 6.30. The number of piperazine rings is 1. The van der Waals surface area contributed by atoms with Crippen LogP contribution in [0.2, 0.25) is 0 Å². The van der Waals surface area contributed by atoms with Gasteiger partial charge < -0.3 is 20.4 Å². The molecule has 364 valence electrons. The summed E-state index contributed by atoms with van der Waals surface area (Å²) in [6.07, 6.45) is 3.05. The van der Waals surface area contributed by atoms with E-state index in [-0.39, 0.29) is 21.8 Å². The molecule has 3 aliphatic heterocycles. The van der Waals surface area contributed by atoms with Crippen molar-refractivity contribution in [2.24, 2.45) is 21.7 Å². The number of nitrogens with zero attached hydrogens (tertiary/aromatic N) is 3. The molecule has 10 rings (SSSR count). The number of hydrogen-bond donors (Lipinski definition) is 3. The van der Waals surface area contributed by atoms with E-state index >= 15 is 0 Å². The zero-order chi connectivity index (χ0) is 47.6. The zero-order valence-electron chi connectivity index (χ0n) is 37.8. The Labute approximate surface area is 394 Å². The Morgan fingerprint density at radius 1 is 0.881 bits per heavy atom. The molecule has 3 saturated heterocycles. The number of carbonyl (C=O) groups is 1. The van der Waals surface area contributed by atoms with Crippen LogP contribution >= 0.6 is 11.8 Å². The fraction of sp³-hybridized carbons (Fsp3) is 0.562. The third-order valence-corrected chi connectivity index (χ3v) is 19.2. The number of alkyl halides is 5. The molecule has 3 N–H and O–H groups in total. The van der Waals surface area contributed by atoms with Gasteiger partial charge in [-0.05, 0) is 110 Å². The van der Waals surface area contributed by atoms with Gasteiger partial charge >= 0.3 is 5.51 Å². The Hall–Kier alpha value is -3.75. The maximum Gasteiger partial charge on any atom is 0.501 e. The Kier molecular flexibility index (Phi) is 12.9. The van der Waals surface area contributed by atoms with Crippen molar-refractivity contribution in [1.29, 1.82) is 0 Å². The van der Waals surface area contributed by atoms with Gasteiger partial charge in [0.1, 0.15) is 4.90 Å². The normalized spacial score (nSPS) is 25.5. The van der Waals surface area contributed by atoms with E-state index in [4.69, 9.17) is 0 Å². The molecule has 7 aliphatic rings. The molecular weight excluding hydrogens is 932 g/mol. The molecule has 1 atom stereocenters. The summed E-state index contributed by atoms with van der Waals surface area (Å²) < 4.78 is 125. The summed E-state index contributed by atoms with van der Waals surface area (Å²) in [6, 6.07) is 17.7. The van der Waals surface area contributed by atoms with E-state index in [1.807, 2.05) is 35.1 Å². The molecule has 19 heteroatoms. The van der Waals surface area contributed by atoms with Gasteiger partial charge in [-0.3, -0.25) is 9.69 Å². The van der Waals surface area contributed by atoms with Crippen LogP contribution in [0.3, 0.4) is 0 Å². The van der Waals surface area contributed by atoms with Crippen LogP contribution in [0.25, 0.3) is 0 Å². The highest BCUT2D eigenvalue weighted by atomic mass is 32.2. The standard InChI is InChI=1S/C48H59F5N6O5S3/c1-44(2)16-14-34(39(23-44)46-26-47(27-46,28-46)43(49)50)24-57-18-20-59(21-19-57)36-10-8-33(9-11-36)42(60)56-67(63,64)38-12-13-40(41(22-38)66(61,62)48(51,52)53)55-35(25-65-37-6-4-3-5-7-37)15-17-58-31-45(32-58)29-54-30-45/h3-13,22,35,43,54-55H,14-21,23-32H2,1-2H3,(H,56,60)/t35-,46?,47?/m1/s1. The van der Waals surface area contributed by atoms with Crippen LogP contribution in [-0.4, -0.2) is 122 Å². The third-order valence-electron chi connectivity index (χ3n) is 15.2. The fourth-order valence-electron chi connectivity index (χ4n) is 11.4. The molecule has 3 heterocycles. The maximum absolute atomic E-state index is 14.2. The van der Waals surface area contributed by atoms with Crippen LogP contribution in [0.5, 0.6) is 0 Å². The van der Waals surface area contributed by atoms with Gasteiger partial charge in [-0.25, -0.2) is 30.3 Å². The van der Waals surface area contributed by atoms with Gasteiger partial charge in [0, 0.05) is 104 Å². The highest BCUT2D eigenvalue weighted by Crippen LogP contribution is 2.79. The molecule has 3 saturated carbocycles. The monoisotopic (exact) mass is 990 g/mol. The summed E-state index contributed by atoms with van der Waals surface area (Å²) in [7, 11) is -10.9. The second-order valence-corrected chi connectivity index (χ2v) is 25.5. The summed E-state index contributed by atoms with van der Waals surface area (Å²) >= 11 is 1.46. The molecule has 4 aliphatic carbocycles. The number of amides is 1. The first-order valence-electron chi connectivity index (χ1n) is 23.1. The van der Waals surface area contributed by atoms with Crippen molar-refractivity contribution in [1.82, 2.24) is 19.8 Å². The van der Waals surface area contributed by atoms with Crippen molar-refractivity contribution in [3.63, 3.8) is 0 Å². The maximum atomic E-state index is 14.2. The molecule has 2 bridgehead atoms. The second-order valence-electron chi connectivity index (χ2n) is 20.8. The quantitative estimate of drug-likeness (QED) is 0.0691.